The zero-order valence-electron chi connectivity index (χ0n) is 7.55. The normalized spacial score (nSPS) is 18.2. The third-order valence-electron chi connectivity index (χ3n) is 2.60. The maximum absolute atomic E-state index is 3.61. The van der Waals surface area contributed by atoms with Gasteiger partial charge >= 0.3 is 0 Å². The van der Waals surface area contributed by atoms with Gasteiger partial charge in [-0.1, -0.05) is 12.8 Å². The van der Waals surface area contributed by atoms with Crippen molar-refractivity contribution in [3.63, 3.8) is 0 Å². The number of hydrogen-bond acceptors (Lipinski definition) is 2. The van der Waals surface area contributed by atoms with Crippen LogP contribution in [0.5, 0.6) is 0 Å². The second-order valence-electron chi connectivity index (χ2n) is 3.55. The Hall–Kier alpha value is 0.140. The second-order valence-corrected chi connectivity index (χ2v) is 5.41. The molecule has 1 heterocycles. The summed E-state index contributed by atoms with van der Waals surface area (Å²) in [5.41, 5.74) is 0. The minimum atomic E-state index is 0.772. The molecule has 0 unspecified atom stereocenters. The average molecular weight is 260 g/mol. The number of nitrogens with one attached hydrogen (secondary N) is 1. The van der Waals surface area contributed by atoms with Crippen LogP contribution >= 0.6 is 27.3 Å². The van der Waals surface area contributed by atoms with Gasteiger partial charge in [-0.15, -0.1) is 11.3 Å². The van der Waals surface area contributed by atoms with E-state index in [1.54, 1.807) is 0 Å². The molecule has 0 bridgehead atoms. The average Bonchev–Trinajstić information content (AvgIpc) is 2.72. The lowest BCUT2D eigenvalue weighted by Gasteiger charge is -2.10. The van der Waals surface area contributed by atoms with Crippen molar-refractivity contribution in [3.8, 4) is 0 Å². The first-order chi connectivity index (χ1) is 6.36. The monoisotopic (exact) mass is 259 g/mol. The van der Waals surface area contributed by atoms with Crippen LogP contribution in [-0.4, -0.2) is 6.04 Å². The van der Waals surface area contributed by atoms with Crippen molar-refractivity contribution in [3.05, 3.63) is 20.8 Å². The topological polar surface area (TPSA) is 12.0 Å². The van der Waals surface area contributed by atoms with Gasteiger partial charge in [0.15, 0.2) is 0 Å². The van der Waals surface area contributed by atoms with Crippen LogP contribution in [0.3, 0.4) is 0 Å². The third kappa shape index (κ3) is 2.55. The summed E-state index contributed by atoms with van der Waals surface area (Å²) in [6.07, 6.45) is 5.54. The molecule has 3 heteroatoms. The van der Waals surface area contributed by atoms with Crippen molar-refractivity contribution < 1.29 is 0 Å². The SMILES string of the molecule is Brc1ccsc1CNC1CCCC1. The Kier molecular flexibility index (Phi) is 3.41. The molecule has 1 nitrogen and oxygen atoms in total. The molecule has 1 aliphatic carbocycles. The van der Waals surface area contributed by atoms with E-state index < -0.39 is 0 Å². The van der Waals surface area contributed by atoms with Gasteiger partial charge in [-0.2, -0.15) is 0 Å². The van der Waals surface area contributed by atoms with Gasteiger partial charge in [-0.05, 0) is 40.2 Å². The molecule has 1 N–H and O–H groups in total. The molecule has 1 fully saturated rings. The lowest BCUT2D eigenvalue weighted by atomic mass is 10.2. The van der Waals surface area contributed by atoms with E-state index in [2.05, 4.69) is 32.7 Å². The molecule has 0 spiro atoms. The van der Waals surface area contributed by atoms with Gasteiger partial charge < -0.3 is 5.32 Å². The molecule has 1 saturated carbocycles. The van der Waals surface area contributed by atoms with E-state index in [-0.39, 0.29) is 0 Å². The summed E-state index contributed by atoms with van der Waals surface area (Å²) in [5.74, 6) is 0. The van der Waals surface area contributed by atoms with Crippen LogP contribution in [0.2, 0.25) is 0 Å². The van der Waals surface area contributed by atoms with Crippen LogP contribution in [-0.2, 0) is 6.54 Å². The summed E-state index contributed by atoms with van der Waals surface area (Å²) in [4.78, 5) is 1.42. The van der Waals surface area contributed by atoms with Gasteiger partial charge in [-0.25, -0.2) is 0 Å². The van der Waals surface area contributed by atoms with Gasteiger partial charge in [0.25, 0.3) is 0 Å². The highest BCUT2D eigenvalue weighted by atomic mass is 79.9. The van der Waals surface area contributed by atoms with Crippen LogP contribution in [0.4, 0.5) is 0 Å². The molecule has 13 heavy (non-hydrogen) atoms. The summed E-state index contributed by atoms with van der Waals surface area (Å²) >= 11 is 5.37. The largest absolute Gasteiger partial charge is 0.309 e. The zero-order chi connectivity index (χ0) is 9.10. The van der Waals surface area contributed by atoms with E-state index >= 15 is 0 Å². The maximum atomic E-state index is 3.61. The molecule has 1 aromatic rings. The molecule has 2 rings (SSSR count). The lowest BCUT2D eigenvalue weighted by Crippen LogP contribution is -2.24. The van der Waals surface area contributed by atoms with E-state index in [1.165, 1.54) is 35.0 Å². The Morgan fingerprint density at radius 1 is 1.46 bits per heavy atom. The van der Waals surface area contributed by atoms with E-state index in [9.17, 15) is 0 Å². The predicted octanol–water partition coefficient (Wildman–Crippen LogP) is 3.54. The van der Waals surface area contributed by atoms with Gasteiger partial charge in [0.1, 0.15) is 0 Å². The highest BCUT2D eigenvalue weighted by molar-refractivity contribution is 9.10. The Balaban J connectivity index is 1.82. The summed E-state index contributed by atoms with van der Waals surface area (Å²) in [6.45, 7) is 1.03. The van der Waals surface area contributed by atoms with Crippen molar-refractivity contribution in [2.24, 2.45) is 0 Å². The Labute approximate surface area is 91.7 Å². The standard InChI is InChI=1S/C10H14BrNS/c11-9-5-6-13-10(9)7-12-8-3-1-2-4-8/h5-6,8,12H,1-4,7H2. The van der Waals surface area contributed by atoms with Crippen LogP contribution in [0.15, 0.2) is 15.9 Å². The molecule has 0 saturated heterocycles. The molecule has 72 valence electrons. The first-order valence-corrected chi connectivity index (χ1v) is 6.49. The summed E-state index contributed by atoms with van der Waals surface area (Å²) in [6, 6.07) is 2.89. The first kappa shape index (κ1) is 9.69. The van der Waals surface area contributed by atoms with Crippen LogP contribution in [0.25, 0.3) is 0 Å². The van der Waals surface area contributed by atoms with E-state index in [1.807, 2.05) is 11.3 Å². The molecular weight excluding hydrogens is 246 g/mol. The van der Waals surface area contributed by atoms with Crippen molar-refractivity contribution in [2.45, 2.75) is 38.3 Å². The minimum absolute atomic E-state index is 0.772. The summed E-state index contributed by atoms with van der Waals surface area (Å²) in [7, 11) is 0. The molecule has 0 atom stereocenters. The van der Waals surface area contributed by atoms with Crippen molar-refractivity contribution in [2.75, 3.05) is 0 Å². The van der Waals surface area contributed by atoms with E-state index in [0.717, 1.165) is 12.6 Å². The van der Waals surface area contributed by atoms with Crippen molar-refractivity contribution in [1.82, 2.24) is 5.32 Å². The second kappa shape index (κ2) is 4.58. The Morgan fingerprint density at radius 3 is 2.85 bits per heavy atom. The highest BCUT2D eigenvalue weighted by Gasteiger charge is 2.14. The Morgan fingerprint density at radius 2 is 2.23 bits per heavy atom. The van der Waals surface area contributed by atoms with E-state index in [4.69, 9.17) is 0 Å². The fraction of sp³-hybridized carbons (Fsp3) is 0.600. The fourth-order valence-electron chi connectivity index (χ4n) is 1.82. The summed E-state index contributed by atoms with van der Waals surface area (Å²) < 4.78 is 1.25. The predicted molar refractivity (Wildman–Crippen MR) is 61.1 cm³/mol. The molecular formula is C10H14BrNS. The number of rotatable bonds is 3. The lowest BCUT2D eigenvalue weighted by molar-refractivity contribution is 0.526. The van der Waals surface area contributed by atoms with Crippen LogP contribution in [0, 0.1) is 0 Å². The first-order valence-electron chi connectivity index (χ1n) is 4.81. The summed E-state index contributed by atoms with van der Waals surface area (Å²) in [5, 5.41) is 5.74. The molecule has 0 radical (unpaired) electrons. The number of halogens is 1. The smallest absolute Gasteiger partial charge is 0.0327 e. The fourth-order valence-corrected chi connectivity index (χ4v) is 3.26. The van der Waals surface area contributed by atoms with Gasteiger partial charge in [0.2, 0.25) is 0 Å². The molecule has 1 aliphatic rings. The minimum Gasteiger partial charge on any atom is -0.309 e. The molecule has 0 aromatic carbocycles. The van der Waals surface area contributed by atoms with Crippen molar-refractivity contribution in [1.29, 1.82) is 0 Å². The highest BCUT2D eigenvalue weighted by Crippen LogP contribution is 2.24. The number of hydrogen-bond donors (Lipinski definition) is 1. The van der Waals surface area contributed by atoms with Crippen molar-refractivity contribution >= 4 is 27.3 Å². The number of thiophene rings is 1. The molecule has 0 aliphatic heterocycles. The Bertz CT molecular complexity index is 266. The third-order valence-corrected chi connectivity index (χ3v) is 4.52. The van der Waals surface area contributed by atoms with Gasteiger partial charge in [0, 0.05) is 21.9 Å². The van der Waals surface area contributed by atoms with Crippen LogP contribution < -0.4 is 5.32 Å². The molecule has 1 aromatic heterocycles. The van der Waals surface area contributed by atoms with Crippen LogP contribution in [0.1, 0.15) is 30.6 Å². The maximum Gasteiger partial charge on any atom is 0.0327 e. The van der Waals surface area contributed by atoms with Gasteiger partial charge in [0.05, 0.1) is 0 Å². The van der Waals surface area contributed by atoms with Gasteiger partial charge in [-0.3, -0.25) is 0 Å². The zero-order valence-corrected chi connectivity index (χ0v) is 9.96. The quantitative estimate of drug-likeness (QED) is 0.876. The van der Waals surface area contributed by atoms with E-state index in [0.29, 0.717) is 0 Å². The molecule has 0 amide bonds.